The highest BCUT2D eigenvalue weighted by atomic mass is 16.6. The highest BCUT2D eigenvalue weighted by molar-refractivity contribution is 5.67. The Morgan fingerprint density at radius 1 is 0.885 bits per heavy atom. The molecular weight excluding hydrogens is 338 g/mol. The smallest absolute Gasteiger partial charge is 0.410 e. The topological polar surface area (TPSA) is 66.5 Å². The van der Waals surface area contributed by atoms with Gasteiger partial charge in [0.15, 0.2) is 0 Å². The minimum atomic E-state index is -0.484. The van der Waals surface area contributed by atoms with Gasteiger partial charge in [-0.2, -0.15) is 0 Å². The normalized spacial score (nSPS) is 12.8. The van der Waals surface area contributed by atoms with E-state index in [1.54, 1.807) is 7.05 Å². The van der Waals surface area contributed by atoms with Crippen molar-refractivity contribution in [2.24, 2.45) is 5.92 Å². The molecule has 0 heterocycles. The monoisotopic (exact) mass is 377 g/mol. The Hall–Kier alpha value is -0.890. The van der Waals surface area contributed by atoms with Crippen LogP contribution in [0, 0.1) is 5.92 Å². The second-order valence-corrected chi connectivity index (χ2v) is 7.33. The number of likely N-dealkylation sites (N-methyl/N-ethyl adjacent to an activating group) is 1. The molecule has 0 aliphatic carbocycles. The van der Waals surface area contributed by atoms with Crippen molar-refractivity contribution >= 4 is 6.09 Å². The summed E-state index contributed by atoms with van der Waals surface area (Å²) in [5.41, 5.74) is -0.484. The molecule has 0 bridgehead atoms. The Bertz CT molecular complexity index is 345. The van der Waals surface area contributed by atoms with Gasteiger partial charge in [-0.15, -0.1) is 0 Å². The molecule has 0 aromatic heterocycles. The van der Waals surface area contributed by atoms with E-state index in [0.29, 0.717) is 58.7 Å². The van der Waals surface area contributed by atoms with Crippen LogP contribution >= 0.6 is 0 Å². The quantitative estimate of drug-likeness (QED) is 0.409. The van der Waals surface area contributed by atoms with Crippen LogP contribution in [0.15, 0.2) is 0 Å². The summed E-state index contributed by atoms with van der Waals surface area (Å²) >= 11 is 0. The minimum Gasteiger partial charge on any atom is -0.444 e. The van der Waals surface area contributed by atoms with E-state index in [2.05, 4.69) is 13.8 Å². The molecule has 1 atom stereocenters. The third kappa shape index (κ3) is 16.6. The fraction of sp³-hybridized carbons (Fsp3) is 0.947. The number of carbonyl (C=O) groups excluding carboxylic acids is 1. The van der Waals surface area contributed by atoms with Crippen LogP contribution in [0.25, 0.3) is 0 Å². The second kappa shape index (κ2) is 15.2. The van der Waals surface area contributed by atoms with E-state index in [9.17, 15) is 4.79 Å². The van der Waals surface area contributed by atoms with Crippen LogP contribution in [0.1, 0.15) is 41.0 Å². The molecule has 0 rings (SSSR count). The maximum atomic E-state index is 11.7. The first-order valence-electron chi connectivity index (χ1n) is 9.51. The first-order chi connectivity index (χ1) is 12.3. The van der Waals surface area contributed by atoms with Crippen LogP contribution < -0.4 is 0 Å². The molecule has 1 unspecified atom stereocenters. The van der Waals surface area contributed by atoms with Gasteiger partial charge in [-0.3, -0.25) is 0 Å². The van der Waals surface area contributed by atoms with E-state index in [4.69, 9.17) is 23.7 Å². The maximum Gasteiger partial charge on any atom is 0.410 e. The predicted octanol–water partition coefficient (Wildman–Crippen LogP) is 2.97. The summed E-state index contributed by atoms with van der Waals surface area (Å²) in [6, 6.07) is 0. The van der Waals surface area contributed by atoms with Crippen molar-refractivity contribution in [2.75, 3.05) is 66.4 Å². The van der Waals surface area contributed by atoms with E-state index in [1.807, 2.05) is 20.8 Å². The lowest BCUT2D eigenvalue weighted by molar-refractivity contribution is -0.00842. The lowest BCUT2D eigenvalue weighted by atomic mass is 10.1. The maximum absolute atomic E-state index is 11.7. The van der Waals surface area contributed by atoms with Crippen molar-refractivity contribution in [3.05, 3.63) is 0 Å². The van der Waals surface area contributed by atoms with E-state index in [1.165, 1.54) is 4.90 Å². The number of carbonyl (C=O) groups is 1. The fourth-order valence-corrected chi connectivity index (χ4v) is 1.69. The van der Waals surface area contributed by atoms with E-state index >= 15 is 0 Å². The number of hydrogen-bond donors (Lipinski definition) is 0. The number of ether oxygens (including phenoxy) is 5. The largest absolute Gasteiger partial charge is 0.444 e. The van der Waals surface area contributed by atoms with Gasteiger partial charge in [0.25, 0.3) is 0 Å². The summed E-state index contributed by atoms with van der Waals surface area (Å²) in [6.45, 7) is 14.9. The van der Waals surface area contributed by atoms with Crippen molar-refractivity contribution < 1.29 is 28.5 Å². The Kier molecular flexibility index (Phi) is 14.7. The number of nitrogens with zero attached hydrogens (tertiary/aromatic N) is 1. The van der Waals surface area contributed by atoms with Gasteiger partial charge in [0.1, 0.15) is 5.60 Å². The Morgan fingerprint density at radius 3 is 1.81 bits per heavy atom. The number of rotatable bonds is 15. The van der Waals surface area contributed by atoms with E-state index in [0.717, 1.165) is 13.0 Å². The molecule has 1 amide bonds. The Morgan fingerprint density at radius 2 is 1.35 bits per heavy atom. The van der Waals surface area contributed by atoms with Crippen molar-refractivity contribution in [2.45, 2.75) is 46.6 Å². The molecule has 0 saturated carbocycles. The summed E-state index contributed by atoms with van der Waals surface area (Å²) in [6.07, 6.45) is 0.788. The summed E-state index contributed by atoms with van der Waals surface area (Å²) in [5.74, 6) is 0.599. The predicted molar refractivity (Wildman–Crippen MR) is 102 cm³/mol. The third-order valence-electron chi connectivity index (χ3n) is 3.49. The van der Waals surface area contributed by atoms with Gasteiger partial charge >= 0.3 is 6.09 Å². The van der Waals surface area contributed by atoms with Crippen LogP contribution in [-0.4, -0.2) is 83.0 Å². The van der Waals surface area contributed by atoms with Gasteiger partial charge in [-0.1, -0.05) is 20.3 Å². The molecule has 7 heteroatoms. The zero-order valence-corrected chi connectivity index (χ0v) is 17.5. The van der Waals surface area contributed by atoms with Crippen LogP contribution in [0.3, 0.4) is 0 Å². The summed E-state index contributed by atoms with van der Waals surface area (Å²) in [5, 5.41) is 0. The van der Waals surface area contributed by atoms with Gasteiger partial charge in [0, 0.05) is 20.2 Å². The van der Waals surface area contributed by atoms with Crippen molar-refractivity contribution in [1.82, 2.24) is 4.90 Å². The minimum absolute atomic E-state index is 0.345. The van der Waals surface area contributed by atoms with Crippen LogP contribution in [-0.2, 0) is 23.7 Å². The summed E-state index contributed by atoms with van der Waals surface area (Å²) in [7, 11) is 1.69. The summed E-state index contributed by atoms with van der Waals surface area (Å²) < 4.78 is 27.0. The molecule has 0 aromatic rings. The van der Waals surface area contributed by atoms with Crippen molar-refractivity contribution in [3.8, 4) is 0 Å². The van der Waals surface area contributed by atoms with E-state index < -0.39 is 5.60 Å². The van der Waals surface area contributed by atoms with Crippen LogP contribution in [0.4, 0.5) is 4.79 Å². The average Bonchev–Trinajstić information content (AvgIpc) is 2.56. The number of hydrogen-bond acceptors (Lipinski definition) is 6. The molecule has 7 nitrogen and oxygen atoms in total. The van der Waals surface area contributed by atoms with Gasteiger partial charge in [0.2, 0.25) is 0 Å². The SMILES string of the molecule is CCC(C)COCCOCCOCCOCCN(C)C(=O)OC(C)(C)C. The average molecular weight is 378 g/mol. The highest BCUT2D eigenvalue weighted by Gasteiger charge is 2.19. The van der Waals surface area contributed by atoms with Gasteiger partial charge in [0.05, 0.1) is 46.2 Å². The molecular formula is C19H39NO6. The molecule has 156 valence electrons. The molecule has 0 N–H and O–H groups in total. The fourth-order valence-electron chi connectivity index (χ4n) is 1.69. The zero-order valence-electron chi connectivity index (χ0n) is 17.5. The van der Waals surface area contributed by atoms with Gasteiger partial charge in [-0.05, 0) is 26.7 Å². The van der Waals surface area contributed by atoms with Crippen LogP contribution in [0.2, 0.25) is 0 Å². The Labute approximate surface area is 159 Å². The lowest BCUT2D eigenvalue weighted by Gasteiger charge is -2.24. The third-order valence-corrected chi connectivity index (χ3v) is 3.49. The molecule has 0 radical (unpaired) electrons. The van der Waals surface area contributed by atoms with Crippen molar-refractivity contribution in [3.63, 3.8) is 0 Å². The van der Waals surface area contributed by atoms with Crippen molar-refractivity contribution in [1.29, 1.82) is 0 Å². The second-order valence-electron chi connectivity index (χ2n) is 7.33. The highest BCUT2D eigenvalue weighted by Crippen LogP contribution is 2.08. The standard InChI is InChI=1S/C19H39NO6/c1-7-17(2)16-25-15-14-24-13-12-23-11-10-22-9-8-20(6)18(21)26-19(3,4)5/h17H,7-16H2,1-6H3. The van der Waals surface area contributed by atoms with Crippen LogP contribution in [0.5, 0.6) is 0 Å². The first kappa shape index (κ1) is 25.1. The lowest BCUT2D eigenvalue weighted by Crippen LogP contribution is -2.36. The number of amides is 1. The molecule has 26 heavy (non-hydrogen) atoms. The summed E-state index contributed by atoms with van der Waals surface area (Å²) in [4.78, 5) is 13.2. The molecule has 0 aromatic carbocycles. The first-order valence-corrected chi connectivity index (χ1v) is 9.51. The molecule has 0 saturated heterocycles. The Balaban J connectivity index is 3.32. The molecule has 0 spiro atoms. The van der Waals surface area contributed by atoms with E-state index in [-0.39, 0.29) is 6.09 Å². The molecule has 0 aliphatic rings. The zero-order chi connectivity index (χ0) is 19.8. The van der Waals surface area contributed by atoms with Gasteiger partial charge < -0.3 is 28.6 Å². The molecule has 0 fully saturated rings. The van der Waals surface area contributed by atoms with Gasteiger partial charge in [-0.25, -0.2) is 4.79 Å². The molecule has 0 aliphatic heterocycles.